The number of carboxylic acids is 1. The molecule has 1 aromatic carbocycles. The van der Waals surface area contributed by atoms with Gasteiger partial charge in [0, 0.05) is 7.05 Å². The zero-order valence-corrected chi connectivity index (χ0v) is 8.27. The molecule has 0 saturated carbocycles. The SMILES string of the molecule is Cc1cc(C(=O)O)cc2oc(=O)n(C)c12. The number of aromatic nitrogens is 1. The molecule has 0 amide bonds. The van der Waals surface area contributed by atoms with Gasteiger partial charge in [-0.05, 0) is 24.6 Å². The molecule has 0 spiro atoms. The van der Waals surface area contributed by atoms with Gasteiger partial charge in [0.05, 0.1) is 11.1 Å². The Bertz CT molecular complexity index is 606. The Morgan fingerprint density at radius 1 is 1.47 bits per heavy atom. The molecule has 1 aromatic heterocycles. The molecule has 0 bridgehead atoms. The number of nitrogens with zero attached hydrogens (tertiary/aromatic N) is 1. The van der Waals surface area contributed by atoms with Gasteiger partial charge < -0.3 is 9.52 Å². The first-order valence-corrected chi connectivity index (χ1v) is 4.34. The Morgan fingerprint density at radius 2 is 2.13 bits per heavy atom. The van der Waals surface area contributed by atoms with E-state index in [1.54, 1.807) is 14.0 Å². The van der Waals surface area contributed by atoms with Crippen LogP contribution >= 0.6 is 0 Å². The van der Waals surface area contributed by atoms with Crippen molar-refractivity contribution in [1.29, 1.82) is 0 Å². The maximum absolute atomic E-state index is 11.2. The lowest BCUT2D eigenvalue weighted by molar-refractivity contribution is 0.0697. The smallest absolute Gasteiger partial charge is 0.419 e. The van der Waals surface area contributed by atoms with Gasteiger partial charge in [0.25, 0.3) is 0 Å². The van der Waals surface area contributed by atoms with Gasteiger partial charge in [-0.3, -0.25) is 4.57 Å². The molecule has 15 heavy (non-hydrogen) atoms. The molecule has 0 aliphatic carbocycles. The first-order chi connectivity index (χ1) is 7.00. The number of oxazole rings is 1. The van der Waals surface area contributed by atoms with E-state index in [1.807, 2.05) is 0 Å². The predicted molar refractivity (Wildman–Crippen MR) is 53.2 cm³/mol. The molecule has 0 aliphatic rings. The maximum atomic E-state index is 11.2. The van der Waals surface area contributed by atoms with Gasteiger partial charge in [-0.25, -0.2) is 9.59 Å². The summed E-state index contributed by atoms with van der Waals surface area (Å²) in [4.78, 5) is 22.0. The number of aromatic carboxylic acids is 1. The first-order valence-electron chi connectivity index (χ1n) is 4.34. The van der Waals surface area contributed by atoms with E-state index in [1.165, 1.54) is 16.7 Å². The number of hydrogen-bond donors (Lipinski definition) is 1. The maximum Gasteiger partial charge on any atom is 0.419 e. The van der Waals surface area contributed by atoms with Crippen molar-refractivity contribution in [2.75, 3.05) is 0 Å². The molecule has 0 saturated heterocycles. The molecule has 0 radical (unpaired) electrons. The predicted octanol–water partition coefficient (Wildman–Crippen LogP) is 1.14. The monoisotopic (exact) mass is 207 g/mol. The zero-order valence-electron chi connectivity index (χ0n) is 8.27. The van der Waals surface area contributed by atoms with Gasteiger partial charge in [0.2, 0.25) is 0 Å². The van der Waals surface area contributed by atoms with E-state index in [-0.39, 0.29) is 5.56 Å². The molecule has 2 aromatic rings. The second kappa shape index (κ2) is 2.98. The summed E-state index contributed by atoms with van der Waals surface area (Å²) >= 11 is 0. The van der Waals surface area contributed by atoms with Gasteiger partial charge in [-0.2, -0.15) is 0 Å². The fourth-order valence-electron chi connectivity index (χ4n) is 1.63. The lowest BCUT2D eigenvalue weighted by atomic mass is 10.1. The average Bonchev–Trinajstić information content (AvgIpc) is 2.42. The van der Waals surface area contributed by atoms with Crippen molar-refractivity contribution in [2.45, 2.75) is 6.92 Å². The summed E-state index contributed by atoms with van der Waals surface area (Å²) in [6.45, 7) is 1.74. The van der Waals surface area contributed by atoms with Crippen LogP contribution in [-0.4, -0.2) is 15.6 Å². The molecule has 5 heteroatoms. The van der Waals surface area contributed by atoms with Crippen molar-refractivity contribution in [3.05, 3.63) is 33.8 Å². The van der Waals surface area contributed by atoms with E-state index in [4.69, 9.17) is 9.52 Å². The van der Waals surface area contributed by atoms with Gasteiger partial charge in [0.15, 0.2) is 5.58 Å². The number of hydrogen-bond acceptors (Lipinski definition) is 3. The van der Waals surface area contributed by atoms with Crippen molar-refractivity contribution in [3.8, 4) is 0 Å². The van der Waals surface area contributed by atoms with Crippen molar-refractivity contribution >= 4 is 17.1 Å². The molecule has 0 fully saturated rings. The molecule has 78 valence electrons. The topological polar surface area (TPSA) is 72.4 Å². The summed E-state index contributed by atoms with van der Waals surface area (Å²) in [5.41, 5.74) is 1.76. The van der Waals surface area contributed by atoms with Crippen LogP contribution in [0.5, 0.6) is 0 Å². The third kappa shape index (κ3) is 1.32. The highest BCUT2D eigenvalue weighted by Crippen LogP contribution is 2.19. The molecule has 2 rings (SSSR count). The Morgan fingerprint density at radius 3 is 2.73 bits per heavy atom. The average molecular weight is 207 g/mol. The number of aryl methyl sites for hydroxylation is 2. The summed E-state index contributed by atoms with van der Waals surface area (Å²) < 4.78 is 6.27. The minimum atomic E-state index is -1.04. The van der Waals surface area contributed by atoms with Crippen LogP contribution in [0.15, 0.2) is 21.3 Å². The highest BCUT2D eigenvalue weighted by atomic mass is 16.4. The molecule has 1 heterocycles. The quantitative estimate of drug-likeness (QED) is 0.760. The van der Waals surface area contributed by atoms with Crippen LogP contribution in [0.25, 0.3) is 11.1 Å². The summed E-state index contributed by atoms with van der Waals surface area (Å²) in [5.74, 6) is -1.53. The van der Waals surface area contributed by atoms with Crippen LogP contribution in [0.2, 0.25) is 0 Å². The fraction of sp³-hybridized carbons (Fsp3) is 0.200. The third-order valence-corrected chi connectivity index (χ3v) is 2.32. The van der Waals surface area contributed by atoms with E-state index in [0.717, 1.165) is 0 Å². The normalized spacial score (nSPS) is 10.8. The highest BCUT2D eigenvalue weighted by molar-refractivity contribution is 5.93. The van der Waals surface area contributed by atoms with Crippen LogP contribution in [-0.2, 0) is 7.05 Å². The molecule has 0 atom stereocenters. The lowest BCUT2D eigenvalue weighted by Gasteiger charge is -1.99. The molecular formula is C10H9NO4. The van der Waals surface area contributed by atoms with Crippen LogP contribution in [0.3, 0.4) is 0 Å². The van der Waals surface area contributed by atoms with Gasteiger partial charge in [0.1, 0.15) is 0 Å². The van der Waals surface area contributed by atoms with Gasteiger partial charge in [-0.1, -0.05) is 0 Å². The number of rotatable bonds is 1. The summed E-state index contributed by atoms with van der Waals surface area (Å²) in [6, 6.07) is 2.87. The molecule has 0 unspecified atom stereocenters. The van der Waals surface area contributed by atoms with Crippen molar-refractivity contribution < 1.29 is 14.3 Å². The second-order valence-electron chi connectivity index (χ2n) is 3.37. The van der Waals surface area contributed by atoms with Crippen LogP contribution in [0.4, 0.5) is 0 Å². The third-order valence-electron chi connectivity index (χ3n) is 2.32. The molecule has 0 aliphatic heterocycles. The largest absolute Gasteiger partial charge is 0.478 e. The van der Waals surface area contributed by atoms with Crippen LogP contribution < -0.4 is 5.76 Å². The number of fused-ring (bicyclic) bond motifs is 1. The van der Waals surface area contributed by atoms with E-state index in [2.05, 4.69) is 0 Å². The zero-order chi connectivity index (χ0) is 11.2. The summed E-state index contributed by atoms with van der Waals surface area (Å²) in [6.07, 6.45) is 0. The Labute approximate surface area is 84.5 Å². The van der Waals surface area contributed by atoms with Crippen molar-refractivity contribution in [1.82, 2.24) is 4.57 Å². The van der Waals surface area contributed by atoms with E-state index < -0.39 is 11.7 Å². The number of carboxylic acid groups (broad SMARTS) is 1. The van der Waals surface area contributed by atoms with E-state index >= 15 is 0 Å². The van der Waals surface area contributed by atoms with Crippen molar-refractivity contribution in [3.63, 3.8) is 0 Å². The Balaban J connectivity index is 2.90. The number of benzene rings is 1. The summed E-state index contributed by atoms with van der Waals surface area (Å²) in [7, 11) is 1.58. The second-order valence-corrected chi connectivity index (χ2v) is 3.37. The highest BCUT2D eigenvalue weighted by Gasteiger charge is 2.12. The molecular weight excluding hydrogens is 198 g/mol. The lowest BCUT2D eigenvalue weighted by Crippen LogP contribution is -2.09. The van der Waals surface area contributed by atoms with E-state index in [9.17, 15) is 9.59 Å². The van der Waals surface area contributed by atoms with Crippen molar-refractivity contribution in [2.24, 2.45) is 7.05 Å². The Kier molecular flexibility index (Phi) is 1.89. The minimum absolute atomic E-state index is 0.120. The fourth-order valence-corrected chi connectivity index (χ4v) is 1.63. The first kappa shape index (κ1) is 9.51. The number of carbonyl (C=O) groups is 1. The minimum Gasteiger partial charge on any atom is -0.478 e. The summed E-state index contributed by atoms with van der Waals surface area (Å²) in [5, 5.41) is 8.82. The Hall–Kier alpha value is -2.04. The standard InChI is InChI=1S/C10H9NO4/c1-5-3-6(9(12)13)4-7-8(5)11(2)10(14)15-7/h3-4H,1-2H3,(H,12,13). The van der Waals surface area contributed by atoms with Crippen LogP contribution in [0.1, 0.15) is 15.9 Å². The van der Waals surface area contributed by atoms with Gasteiger partial charge in [-0.15, -0.1) is 0 Å². The molecule has 1 N–H and O–H groups in total. The van der Waals surface area contributed by atoms with Gasteiger partial charge >= 0.3 is 11.7 Å². The van der Waals surface area contributed by atoms with E-state index in [0.29, 0.717) is 16.7 Å². The molecule has 5 nitrogen and oxygen atoms in total. The van der Waals surface area contributed by atoms with Crippen LogP contribution in [0, 0.1) is 6.92 Å².